The molecule has 0 heterocycles. The van der Waals surface area contributed by atoms with E-state index in [1.807, 2.05) is 0 Å². The van der Waals surface area contributed by atoms with Gasteiger partial charge in [0.1, 0.15) is 0 Å². The summed E-state index contributed by atoms with van der Waals surface area (Å²) in [7, 11) is -4.18. The van der Waals surface area contributed by atoms with Gasteiger partial charge < -0.3 is 0 Å². The van der Waals surface area contributed by atoms with Crippen LogP contribution in [-0.4, -0.2) is 16.1 Å². The van der Waals surface area contributed by atoms with Crippen LogP contribution in [-0.2, 0) is 16.6 Å². The zero-order chi connectivity index (χ0) is 28.3. The third kappa shape index (κ3) is 4.56. The number of benzene rings is 3. The number of hydrogen-bond donors (Lipinski definition) is 0. The molecule has 3 aromatic carbocycles. The molecule has 0 nitrogen and oxygen atoms in total. The van der Waals surface area contributed by atoms with E-state index >= 15 is 0 Å². The molecule has 3 aromatic rings. The van der Waals surface area contributed by atoms with Gasteiger partial charge >= 0.3 is 240 Å². The number of hydrogen-bond acceptors (Lipinski definition) is 0. The van der Waals surface area contributed by atoms with Crippen LogP contribution >= 0.6 is 0 Å². The van der Waals surface area contributed by atoms with Crippen LogP contribution in [0, 0.1) is 13.8 Å². The molecule has 1 aliphatic rings. The Kier molecular flexibility index (Phi) is 7.73. The standard InChI is InChI=1S/C32H39Si2.3CH3.Ti/c1-23-15-17-29(18-16-23)34(28-13-11-10-12-14-28,32(6)22-25(3)26(4)27(32)5)31-20-24(2)19-30(21-31)33(7,8)9;;;;/h10-21H,1-9H3;3*1H3;. The molecule has 0 saturated carbocycles. The summed E-state index contributed by atoms with van der Waals surface area (Å²) in [5, 5.41) is 14.1. The molecule has 0 N–H and O–H groups in total. The van der Waals surface area contributed by atoms with Crippen molar-refractivity contribution in [2.45, 2.75) is 81.9 Å². The van der Waals surface area contributed by atoms with Crippen molar-refractivity contribution in [1.29, 1.82) is 0 Å². The zero-order valence-electron chi connectivity index (χ0n) is 25.9. The summed E-state index contributed by atoms with van der Waals surface area (Å²) in [6.45, 7) is 22.0. The molecule has 3 heteroatoms. The normalized spacial score (nSPS) is 20.2. The Hall–Kier alpha value is -1.71. The molecule has 0 saturated heterocycles. The minimum absolute atomic E-state index is 0.0273. The van der Waals surface area contributed by atoms with Crippen LogP contribution < -0.4 is 20.7 Å². The van der Waals surface area contributed by atoms with Gasteiger partial charge in [0.05, 0.1) is 0 Å². The van der Waals surface area contributed by atoms with Crippen molar-refractivity contribution in [3.8, 4) is 0 Å². The van der Waals surface area contributed by atoms with Crippen LogP contribution in [0.5, 0.6) is 0 Å². The Morgan fingerprint density at radius 3 is 1.63 bits per heavy atom. The Balaban J connectivity index is 2.32. The van der Waals surface area contributed by atoms with E-state index in [0.29, 0.717) is 0 Å². The molecular weight excluding hydrogens is 524 g/mol. The Bertz CT molecular complexity index is 1420. The first-order chi connectivity index (χ1) is 17.6. The molecular formula is C35H48Si2Ti. The fraction of sp³-hybridized carbons (Fsp3) is 0.371. The van der Waals surface area contributed by atoms with Gasteiger partial charge in [0.25, 0.3) is 0 Å². The van der Waals surface area contributed by atoms with Crippen LogP contribution in [0.1, 0.15) is 38.8 Å². The molecule has 0 radical (unpaired) electrons. The molecule has 4 rings (SSSR count). The molecule has 38 heavy (non-hydrogen) atoms. The van der Waals surface area contributed by atoms with Gasteiger partial charge in [-0.25, -0.2) is 0 Å². The van der Waals surface area contributed by atoms with Crippen molar-refractivity contribution in [2.75, 3.05) is 0 Å². The third-order valence-corrected chi connectivity index (χ3v) is 21.1. The minimum atomic E-state index is -2.65. The van der Waals surface area contributed by atoms with Crippen LogP contribution in [0.2, 0.25) is 40.4 Å². The van der Waals surface area contributed by atoms with Crippen molar-refractivity contribution >= 4 is 36.9 Å². The van der Waals surface area contributed by atoms with Crippen molar-refractivity contribution < 1.29 is 16.6 Å². The first-order valence-electron chi connectivity index (χ1n) is 14.2. The van der Waals surface area contributed by atoms with Gasteiger partial charge in [0, 0.05) is 0 Å². The van der Waals surface area contributed by atoms with Gasteiger partial charge in [-0.3, -0.25) is 0 Å². The van der Waals surface area contributed by atoms with Gasteiger partial charge in [0.15, 0.2) is 0 Å². The number of rotatable bonds is 6. The van der Waals surface area contributed by atoms with E-state index in [-0.39, 0.29) is 5.04 Å². The van der Waals surface area contributed by atoms with E-state index in [1.165, 1.54) is 27.1 Å². The third-order valence-electron chi connectivity index (χ3n) is 9.32. The second kappa shape index (κ2) is 10.0. The molecule has 0 amide bonds. The summed E-state index contributed by atoms with van der Waals surface area (Å²) in [6.07, 6.45) is 0. The monoisotopic (exact) mass is 572 g/mol. The summed E-state index contributed by atoms with van der Waals surface area (Å²) in [4.78, 5) is 0. The van der Waals surface area contributed by atoms with Crippen LogP contribution in [0.4, 0.5) is 0 Å². The molecule has 0 aromatic heterocycles. The Morgan fingerprint density at radius 2 is 1.11 bits per heavy atom. The average Bonchev–Trinajstić information content (AvgIpc) is 3.01. The van der Waals surface area contributed by atoms with E-state index in [1.54, 1.807) is 25.4 Å². The molecule has 0 spiro atoms. The predicted molar refractivity (Wildman–Crippen MR) is 173 cm³/mol. The predicted octanol–water partition coefficient (Wildman–Crippen LogP) is 8.00. The summed E-state index contributed by atoms with van der Waals surface area (Å²) in [6, 6.07) is 29.0. The van der Waals surface area contributed by atoms with E-state index in [9.17, 15) is 0 Å². The van der Waals surface area contributed by atoms with Crippen LogP contribution in [0.3, 0.4) is 0 Å². The second-order valence-corrected chi connectivity index (χ2v) is 31.1. The van der Waals surface area contributed by atoms with Gasteiger partial charge in [-0.05, 0) is 0 Å². The molecule has 0 fully saturated rings. The van der Waals surface area contributed by atoms with E-state index in [0.717, 1.165) is 0 Å². The molecule has 1 aliphatic carbocycles. The molecule has 0 bridgehead atoms. The molecule has 0 aliphatic heterocycles. The molecule has 200 valence electrons. The maximum absolute atomic E-state index is 2.66. The van der Waals surface area contributed by atoms with Crippen LogP contribution in [0.15, 0.2) is 93.4 Å². The summed E-state index contributed by atoms with van der Waals surface area (Å²) in [5.74, 6) is 0. The second-order valence-electron chi connectivity index (χ2n) is 13.9. The average molecular weight is 573 g/mol. The van der Waals surface area contributed by atoms with Crippen molar-refractivity contribution in [1.82, 2.24) is 0 Å². The van der Waals surface area contributed by atoms with Crippen molar-refractivity contribution in [3.63, 3.8) is 0 Å². The summed E-state index contributed by atoms with van der Waals surface area (Å²) in [5.41, 5.74) is 7.44. The number of allylic oxidation sites excluding steroid dienone is 4. The summed E-state index contributed by atoms with van der Waals surface area (Å²) < 4.78 is 1.81. The topological polar surface area (TPSA) is 0 Å². The SMILES string of the molecule is CC1=C(C)C(C)([Si](c2ccccc2)(c2ccc(C)cc2)c2cc(C)cc([Si](C)(C)C)c2)[C]([Ti]([CH3])([CH3])[CH3])=C1C. The summed E-state index contributed by atoms with van der Waals surface area (Å²) >= 11 is -2.32. The zero-order valence-corrected chi connectivity index (χ0v) is 29.5. The van der Waals surface area contributed by atoms with Gasteiger partial charge in [0.2, 0.25) is 0 Å². The van der Waals surface area contributed by atoms with E-state index in [2.05, 4.69) is 150 Å². The van der Waals surface area contributed by atoms with Gasteiger partial charge in [-0.15, -0.1) is 0 Å². The maximum atomic E-state index is 2.66. The van der Waals surface area contributed by atoms with Crippen molar-refractivity contribution in [3.05, 3.63) is 105 Å². The molecule has 2 unspecified atom stereocenters. The van der Waals surface area contributed by atoms with Crippen molar-refractivity contribution in [2.24, 2.45) is 0 Å². The molecule has 2 atom stereocenters. The van der Waals surface area contributed by atoms with Gasteiger partial charge in [-0.2, -0.15) is 0 Å². The Labute approximate surface area is 238 Å². The van der Waals surface area contributed by atoms with Crippen LogP contribution in [0.25, 0.3) is 0 Å². The first-order valence-corrected chi connectivity index (χ1v) is 25.2. The van der Waals surface area contributed by atoms with Gasteiger partial charge in [-0.1, -0.05) is 0 Å². The fourth-order valence-electron chi connectivity index (χ4n) is 7.48. The van der Waals surface area contributed by atoms with E-state index in [4.69, 9.17) is 0 Å². The number of aryl methyl sites for hydroxylation is 2. The quantitative estimate of drug-likeness (QED) is 0.207. The van der Waals surface area contributed by atoms with E-state index < -0.39 is 32.7 Å². The Morgan fingerprint density at radius 1 is 0.579 bits per heavy atom. The fourth-order valence-corrected chi connectivity index (χ4v) is 22.2. The first kappa shape index (κ1) is 29.3.